The van der Waals surface area contributed by atoms with Gasteiger partial charge in [-0.05, 0) is 25.3 Å². The van der Waals surface area contributed by atoms with Crippen LogP contribution >= 0.6 is 11.9 Å². The summed E-state index contributed by atoms with van der Waals surface area (Å²) in [6.07, 6.45) is 7.10. The molecule has 0 aromatic carbocycles. The van der Waals surface area contributed by atoms with Crippen LogP contribution in [0.5, 0.6) is 0 Å². The van der Waals surface area contributed by atoms with Gasteiger partial charge in [-0.25, -0.2) is 4.98 Å². The van der Waals surface area contributed by atoms with Crippen LogP contribution in [0.2, 0.25) is 0 Å². The molecule has 1 aliphatic carbocycles. The van der Waals surface area contributed by atoms with Gasteiger partial charge in [0.1, 0.15) is 5.65 Å². The average molecular weight is 358 g/mol. The molecule has 0 atom stereocenters. The van der Waals surface area contributed by atoms with Crippen LogP contribution in [0.15, 0.2) is 22.9 Å². The Morgan fingerprint density at radius 2 is 2.20 bits per heavy atom. The summed E-state index contributed by atoms with van der Waals surface area (Å²) in [5, 5.41) is 12.8. The van der Waals surface area contributed by atoms with Gasteiger partial charge in [0.05, 0.1) is 11.3 Å². The molecule has 0 unspecified atom stereocenters. The van der Waals surface area contributed by atoms with Crippen molar-refractivity contribution in [3.05, 3.63) is 24.4 Å². The fourth-order valence-corrected chi connectivity index (χ4v) is 3.80. The van der Waals surface area contributed by atoms with Crippen LogP contribution in [0.1, 0.15) is 32.1 Å². The van der Waals surface area contributed by atoms with Gasteiger partial charge in [0.2, 0.25) is 5.89 Å². The van der Waals surface area contributed by atoms with Gasteiger partial charge >= 0.3 is 0 Å². The third-order valence-electron chi connectivity index (χ3n) is 4.39. The van der Waals surface area contributed by atoms with E-state index in [-0.39, 0.29) is 0 Å². The average Bonchev–Trinajstić information content (AvgIpc) is 3.21. The summed E-state index contributed by atoms with van der Waals surface area (Å²) in [6.45, 7) is 3.99. The largest absolute Gasteiger partial charge is 0.421 e. The SMILES string of the molecule is CCCSNC1CC(Nc2c(-c3nnc(C)o3)cnc3[nH]ccc23)C1. The number of anilines is 1. The molecular formula is C17H22N6OS. The van der Waals surface area contributed by atoms with Crippen LogP contribution < -0.4 is 10.0 Å². The molecule has 0 bridgehead atoms. The number of aryl methyl sites for hydroxylation is 1. The van der Waals surface area contributed by atoms with Crippen LogP contribution in [-0.2, 0) is 0 Å². The van der Waals surface area contributed by atoms with Crippen molar-refractivity contribution in [3.63, 3.8) is 0 Å². The number of aromatic nitrogens is 4. The fraction of sp³-hybridized carbons (Fsp3) is 0.471. The molecule has 1 aliphatic rings. The van der Waals surface area contributed by atoms with E-state index in [1.807, 2.05) is 24.2 Å². The highest BCUT2D eigenvalue weighted by molar-refractivity contribution is 7.97. The molecule has 8 heteroatoms. The number of rotatable bonds is 7. The van der Waals surface area contributed by atoms with Crippen molar-refractivity contribution >= 4 is 28.7 Å². The van der Waals surface area contributed by atoms with Gasteiger partial charge in [-0.3, -0.25) is 4.72 Å². The Hall–Kier alpha value is -2.06. The minimum absolute atomic E-state index is 0.433. The number of pyridine rings is 1. The van der Waals surface area contributed by atoms with E-state index < -0.39 is 0 Å². The van der Waals surface area contributed by atoms with E-state index in [2.05, 4.69) is 37.1 Å². The van der Waals surface area contributed by atoms with Crippen LogP contribution in [0.3, 0.4) is 0 Å². The van der Waals surface area contributed by atoms with E-state index in [9.17, 15) is 0 Å². The highest BCUT2D eigenvalue weighted by atomic mass is 32.2. The van der Waals surface area contributed by atoms with Crippen molar-refractivity contribution in [1.29, 1.82) is 0 Å². The Labute approximate surface area is 150 Å². The molecule has 0 aliphatic heterocycles. The van der Waals surface area contributed by atoms with E-state index in [1.165, 1.54) is 6.42 Å². The molecule has 25 heavy (non-hydrogen) atoms. The molecule has 7 nitrogen and oxygen atoms in total. The highest BCUT2D eigenvalue weighted by Crippen LogP contribution is 2.36. The van der Waals surface area contributed by atoms with E-state index in [0.29, 0.717) is 23.9 Å². The standard InChI is InChI=1S/C17H22N6OS/c1-3-6-25-23-12-7-11(8-12)20-15-13-4-5-18-16(13)19-9-14(15)17-22-21-10(2)24-17/h4-5,9,11-12,23H,3,6-8H2,1-2H3,(H2,18,19,20). The summed E-state index contributed by atoms with van der Waals surface area (Å²) >= 11 is 1.83. The number of nitrogens with one attached hydrogen (secondary N) is 3. The van der Waals surface area contributed by atoms with Crippen molar-refractivity contribution in [1.82, 2.24) is 24.9 Å². The fourth-order valence-electron chi connectivity index (χ4n) is 3.05. The maximum Gasteiger partial charge on any atom is 0.251 e. The highest BCUT2D eigenvalue weighted by Gasteiger charge is 2.30. The lowest BCUT2D eigenvalue weighted by molar-refractivity contribution is 0.355. The van der Waals surface area contributed by atoms with Gasteiger partial charge in [-0.15, -0.1) is 10.2 Å². The topological polar surface area (TPSA) is 91.7 Å². The van der Waals surface area contributed by atoms with Crippen molar-refractivity contribution in [2.24, 2.45) is 0 Å². The summed E-state index contributed by atoms with van der Waals surface area (Å²) in [7, 11) is 0. The predicted octanol–water partition coefficient (Wildman–Crippen LogP) is 3.51. The second-order valence-electron chi connectivity index (χ2n) is 6.39. The lowest BCUT2D eigenvalue weighted by Crippen LogP contribution is -2.45. The number of nitrogens with zero attached hydrogens (tertiary/aromatic N) is 3. The van der Waals surface area contributed by atoms with E-state index in [1.54, 1.807) is 13.1 Å². The first-order valence-electron chi connectivity index (χ1n) is 8.65. The summed E-state index contributed by atoms with van der Waals surface area (Å²) in [4.78, 5) is 7.63. The summed E-state index contributed by atoms with van der Waals surface area (Å²) in [6, 6.07) is 3.04. The van der Waals surface area contributed by atoms with E-state index in [4.69, 9.17) is 4.42 Å². The lowest BCUT2D eigenvalue weighted by Gasteiger charge is -2.37. The van der Waals surface area contributed by atoms with Gasteiger partial charge in [-0.2, -0.15) is 0 Å². The van der Waals surface area contributed by atoms with Gasteiger partial charge in [0.25, 0.3) is 5.89 Å². The summed E-state index contributed by atoms with van der Waals surface area (Å²) in [5.74, 6) is 2.21. The second kappa shape index (κ2) is 7.05. The number of fused-ring (bicyclic) bond motifs is 1. The maximum atomic E-state index is 5.63. The zero-order valence-corrected chi connectivity index (χ0v) is 15.2. The Morgan fingerprint density at radius 1 is 1.32 bits per heavy atom. The van der Waals surface area contributed by atoms with Crippen molar-refractivity contribution in [2.45, 2.75) is 45.2 Å². The van der Waals surface area contributed by atoms with Gasteiger partial charge in [0.15, 0.2) is 0 Å². The minimum atomic E-state index is 0.433. The van der Waals surface area contributed by atoms with Gasteiger partial charge < -0.3 is 14.7 Å². The van der Waals surface area contributed by atoms with E-state index in [0.717, 1.165) is 40.9 Å². The quantitative estimate of drug-likeness (QED) is 0.440. The van der Waals surface area contributed by atoms with Gasteiger partial charge in [0, 0.05) is 42.5 Å². The van der Waals surface area contributed by atoms with Crippen molar-refractivity contribution in [2.75, 3.05) is 11.1 Å². The lowest BCUT2D eigenvalue weighted by atomic mass is 9.87. The molecule has 3 aromatic heterocycles. The third-order valence-corrected chi connectivity index (χ3v) is 5.50. The molecule has 0 saturated heterocycles. The molecule has 0 spiro atoms. The second-order valence-corrected chi connectivity index (χ2v) is 7.32. The first-order chi connectivity index (χ1) is 12.2. The summed E-state index contributed by atoms with van der Waals surface area (Å²) in [5.41, 5.74) is 2.72. The third kappa shape index (κ3) is 3.36. The molecule has 1 fully saturated rings. The maximum absolute atomic E-state index is 5.63. The predicted molar refractivity (Wildman–Crippen MR) is 100 cm³/mol. The Kier molecular flexibility index (Phi) is 4.63. The van der Waals surface area contributed by atoms with Crippen LogP contribution in [0.25, 0.3) is 22.5 Å². The van der Waals surface area contributed by atoms with Crippen LogP contribution in [-0.4, -0.2) is 38.0 Å². The first-order valence-corrected chi connectivity index (χ1v) is 9.63. The number of H-pyrrole nitrogens is 1. The molecule has 4 rings (SSSR count). The normalized spacial score (nSPS) is 19.9. The van der Waals surface area contributed by atoms with Crippen molar-refractivity contribution in [3.8, 4) is 11.5 Å². The molecule has 3 N–H and O–H groups in total. The molecule has 0 radical (unpaired) electrons. The Morgan fingerprint density at radius 3 is 2.96 bits per heavy atom. The van der Waals surface area contributed by atoms with E-state index >= 15 is 0 Å². The minimum Gasteiger partial charge on any atom is -0.421 e. The Bertz CT molecular complexity index is 854. The van der Waals surface area contributed by atoms with Crippen LogP contribution in [0, 0.1) is 6.92 Å². The molecule has 1 saturated carbocycles. The molecule has 132 valence electrons. The monoisotopic (exact) mass is 358 g/mol. The zero-order chi connectivity index (χ0) is 17.2. The molecule has 3 heterocycles. The molecular weight excluding hydrogens is 336 g/mol. The van der Waals surface area contributed by atoms with Crippen LogP contribution in [0.4, 0.5) is 5.69 Å². The summed E-state index contributed by atoms with van der Waals surface area (Å²) < 4.78 is 9.16. The Balaban J connectivity index is 1.53. The first kappa shape index (κ1) is 16.4. The molecule has 0 amide bonds. The van der Waals surface area contributed by atoms with Crippen molar-refractivity contribution < 1.29 is 4.42 Å². The molecule has 3 aromatic rings. The number of aromatic amines is 1. The smallest absolute Gasteiger partial charge is 0.251 e. The number of hydrogen-bond acceptors (Lipinski definition) is 7. The van der Waals surface area contributed by atoms with Gasteiger partial charge in [-0.1, -0.05) is 18.9 Å². The number of hydrogen-bond donors (Lipinski definition) is 3. The zero-order valence-electron chi connectivity index (χ0n) is 14.4.